The van der Waals surface area contributed by atoms with Gasteiger partial charge in [0.15, 0.2) is 0 Å². The van der Waals surface area contributed by atoms with Gasteiger partial charge in [0.1, 0.15) is 4.90 Å². The van der Waals surface area contributed by atoms with Gasteiger partial charge < -0.3 is 9.88 Å². The zero-order valence-corrected chi connectivity index (χ0v) is 13.0. The Labute approximate surface area is 121 Å². The van der Waals surface area contributed by atoms with Crippen molar-refractivity contribution < 1.29 is 8.42 Å². The van der Waals surface area contributed by atoms with Crippen molar-refractivity contribution in [1.29, 1.82) is 0 Å². The van der Waals surface area contributed by atoms with E-state index in [-0.39, 0.29) is 6.04 Å². The molecule has 0 spiro atoms. The maximum atomic E-state index is 12.6. The Kier molecular flexibility index (Phi) is 3.64. The number of nitrogens with zero attached hydrogens (tertiary/aromatic N) is 2. The Morgan fingerprint density at radius 3 is 2.60 bits per heavy atom. The number of aryl methyl sites for hydroxylation is 1. The second kappa shape index (κ2) is 5.16. The van der Waals surface area contributed by atoms with E-state index in [1.54, 1.807) is 23.6 Å². The highest BCUT2D eigenvalue weighted by Crippen LogP contribution is 2.29. The summed E-state index contributed by atoms with van der Waals surface area (Å²) in [4.78, 5) is 0.419. The van der Waals surface area contributed by atoms with Crippen molar-refractivity contribution in [2.45, 2.75) is 55.6 Å². The number of hydrogen-bond donors (Lipinski definition) is 1. The molecular formula is C14H23N3O2S. The summed E-state index contributed by atoms with van der Waals surface area (Å²) in [5, 5.41) is 3.42. The summed E-state index contributed by atoms with van der Waals surface area (Å²) in [6.07, 6.45) is 7.31. The molecule has 0 saturated heterocycles. The minimum atomic E-state index is -3.34. The quantitative estimate of drug-likeness (QED) is 0.864. The summed E-state index contributed by atoms with van der Waals surface area (Å²) in [5.41, 5.74) is 1.03. The van der Waals surface area contributed by atoms with Gasteiger partial charge >= 0.3 is 0 Å². The fourth-order valence-electron chi connectivity index (χ4n) is 2.54. The first kappa shape index (κ1) is 14.1. The van der Waals surface area contributed by atoms with Gasteiger partial charge in [-0.05, 0) is 31.7 Å². The molecule has 0 aliphatic heterocycles. The summed E-state index contributed by atoms with van der Waals surface area (Å²) >= 11 is 0. The summed E-state index contributed by atoms with van der Waals surface area (Å²) in [5.74, 6) is 0. The fraction of sp³-hybridized carbons (Fsp3) is 0.714. The van der Waals surface area contributed by atoms with Crippen LogP contribution in [0.2, 0.25) is 0 Å². The zero-order chi connectivity index (χ0) is 14.3. The van der Waals surface area contributed by atoms with E-state index in [0.29, 0.717) is 10.9 Å². The highest BCUT2D eigenvalue weighted by Gasteiger charge is 2.32. The lowest BCUT2D eigenvalue weighted by Gasteiger charge is -2.33. The van der Waals surface area contributed by atoms with E-state index in [1.807, 2.05) is 11.6 Å². The van der Waals surface area contributed by atoms with Crippen molar-refractivity contribution in [3.8, 4) is 0 Å². The molecule has 2 aliphatic carbocycles. The third-order valence-electron chi connectivity index (χ3n) is 4.50. The molecule has 112 valence electrons. The summed E-state index contributed by atoms with van der Waals surface area (Å²) in [7, 11) is 0.273. The molecule has 0 bridgehead atoms. The van der Waals surface area contributed by atoms with Gasteiger partial charge in [-0.15, -0.1) is 0 Å². The lowest BCUT2D eigenvalue weighted by Crippen LogP contribution is -2.41. The lowest BCUT2D eigenvalue weighted by molar-refractivity contribution is 0.249. The van der Waals surface area contributed by atoms with Crippen LogP contribution >= 0.6 is 0 Å². The number of nitrogens with one attached hydrogen (secondary N) is 1. The SMILES string of the molecule is CN(C1CCC1)S(=O)(=O)c1cc(CNC2CC2)n(C)c1. The molecular weight excluding hydrogens is 274 g/mol. The Morgan fingerprint density at radius 2 is 2.05 bits per heavy atom. The van der Waals surface area contributed by atoms with Crippen molar-refractivity contribution in [1.82, 2.24) is 14.2 Å². The van der Waals surface area contributed by atoms with Gasteiger partial charge in [0.05, 0.1) is 0 Å². The van der Waals surface area contributed by atoms with Gasteiger partial charge in [0.25, 0.3) is 0 Å². The van der Waals surface area contributed by atoms with Crippen molar-refractivity contribution in [2.75, 3.05) is 7.05 Å². The maximum absolute atomic E-state index is 12.6. The molecule has 2 saturated carbocycles. The largest absolute Gasteiger partial charge is 0.352 e. The number of aromatic nitrogens is 1. The zero-order valence-electron chi connectivity index (χ0n) is 12.2. The molecule has 0 atom stereocenters. The van der Waals surface area contributed by atoms with Crippen molar-refractivity contribution in [2.24, 2.45) is 7.05 Å². The van der Waals surface area contributed by atoms with Gasteiger partial charge in [-0.3, -0.25) is 0 Å². The second-order valence-corrected chi connectivity index (χ2v) is 8.04. The van der Waals surface area contributed by atoms with Gasteiger partial charge in [0, 0.05) is 44.6 Å². The molecule has 6 heteroatoms. The fourth-order valence-corrected chi connectivity index (χ4v) is 4.06. The summed E-state index contributed by atoms with van der Waals surface area (Å²) in [6, 6.07) is 2.62. The highest BCUT2D eigenvalue weighted by atomic mass is 32.2. The van der Waals surface area contributed by atoms with Crippen LogP contribution in [0.5, 0.6) is 0 Å². The standard InChI is InChI=1S/C14H23N3O2S/c1-16-10-14(8-13(16)9-15-11-6-7-11)20(18,19)17(2)12-4-3-5-12/h8,10-12,15H,3-7,9H2,1-2H3. The van der Waals surface area contributed by atoms with Gasteiger partial charge in [-0.1, -0.05) is 6.42 Å². The molecule has 0 radical (unpaired) electrons. The van der Waals surface area contributed by atoms with Crippen LogP contribution in [0.3, 0.4) is 0 Å². The molecule has 1 aromatic heterocycles. The number of hydrogen-bond acceptors (Lipinski definition) is 3. The van der Waals surface area contributed by atoms with Crippen LogP contribution in [-0.2, 0) is 23.6 Å². The average Bonchev–Trinajstić information content (AvgIpc) is 3.08. The minimum Gasteiger partial charge on any atom is -0.352 e. The number of sulfonamides is 1. The first-order chi connectivity index (χ1) is 9.48. The second-order valence-electron chi connectivity index (χ2n) is 6.04. The van der Waals surface area contributed by atoms with Crippen LogP contribution < -0.4 is 5.32 Å². The van der Waals surface area contributed by atoms with Crippen LogP contribution in [-0.4, -0.2) is 36.4 Å². The molecule has 3 rings (SSSR count). The third kappa shape index (κ3) is 2.64. The molecule has 1 heterocycles. The first-order valence-corrected chi connectivity index (χ1v) is 8.79. The Hall–Kier alpha value is -0.850. The van der Waals surface area contributed by atoms with Gasteiger partial charge in [-0.2, -0.15) is 4.31 Å². The van der Waals surface area contributed by atoms with Crippen molar-refractivity contribution in [3.05, 3.63) is 18.0 Å². The van der Waals surface area contributed by atoms with E-state index in [4.69, 9.17) is 0 Å². The lowest BCUT2D eigenvalue weighted by atomic mass is 9.94. The van der Waals surface area contributed by atoms with E-state index in [1.165, 1.54) is 12.8 Å². The maximum Gasteiger partial charge on any atom is 0.244 e. The minimum absolute atomic E-state index is 0.188. The van der Waals surface area contributed by atoms with E-state index in [9.17, 15) is 8.42 Å². The topological polar surface area (TPSA) is 54.3 Å². The molecule has 0 aromatic carbocycles. The molecule has 2 fully saturated rings. The monoisotopic (exact) mass is 297 g/mol. The van der Waals surface area contributed by atoms with Crippen molar-refractivity contribution in [3.63, 3.8) is 0 Å². The van der Waals surface area contributed by atoms with Gasteiger partial charge in [-0.25, -0.2) is 8.42 Å². The Balaban J connectivity index is 1.76. The van der Waals surface area contributed by atoms with Crippen LogP contribution in [0.25, 0.3) is 0 Å². The van der Waals surface area contributed by atoms with Crippen LogP contribution in [0.4, 0.5) is 0 Å². The highest BCUT2D eigenvalue weighted by molar-refractivity contribution is 7.89. The third-order valence-corrected chi connectivity index (χ3v) is 6.37. The average molecular weight is 297 g/mol. The predicted octanol–water partition coefficient (Wildman–Crippen LogP) is 1.45. The van der Waals surface area contributed by atoms with Gasteiger partial charge in [0.2, 0.25) is 10.0 Å². The van der Waals surface area contributed by atoms with E-state index in [0.717, 1.165) is 31.5 Å². The molecule has 0 unspecified atom stereocenters. The Bertz CT molecular complexity index is 586. The van der Waals surface area contributed by atoms with E-state index >= 15 is 0 Å². The number of rotatable bonds is 6. The molecule has 0 amide bonds. The normalized spacial score (nSPS) is 20.4. The van der Waals surface area contributed by atoms with Crippen LogP contribution in [0.15, 0.2) is 17.2 Å². The molecule has 20 heavy (non-hydrogen) atoms. The molecule has 1 aromatic rings. The predicted molar refractivity (Wildman–Crippen MR) is 77.9 cm³/mol. The first-order valence-electron chi connectivity index (χ1n) is 7.35. The van der Waals surface area contributed by atoms with Crippen LogP contribution in [0, 0.1) is 0 Å². The Morgan fingerprint density at radius 1 is 1.35 bits per heavy atom. The summed E-state index contributed by atoms with van der Waals surface area (Å²) < 4.78 is 28.6. The van der Waals surface area contributed by atoms with E-state index in [2.05, 4.69) is 5.32 Å². The summed E-state index contributed by atoms with van der Waals surface area (Å²) in [6.45, 7) is 0.740. The molecule has 1 N–H and O–H groups in total. The smallest absolute Gasteiger partial charge is 0.244 e. The van der Waals surface area contributed by atoms with Crippen molar-refractivity contribution >= 4 is 10.0 Å². The van der Waals surface area contributed by atoms with Crippen LogP contribution in [0.1, 0.15) is 37.8 Å². The van der Waals surface area contributed by atoms with E-state index < -0.39 is 10.0 Å². The molecule has 5 nitrogen and oxygen atoms in total. The molecule has 2 aliphatic rings.